The van der Waals surface area contributed by atoms with Crippen molar-refractivity contribution in [2.24, 2.45) is 5.73 Å². The van der Waals surface area contributed by atoms with E-state index in [1.165, 1.54) is 0 Å². The van der Waals surface area contributed by atoms with Gasteiger partial charge in [-0.3, -0.25) is 0 Å². The van der Waals surface area contributed by atoms with E-state index in [0.29, 0.717) is 0 Å². The third kappa shape index (κ3) is 5.42. The molecule has 0 spiro atoms. The first-order chi connectivity index (χ1) is 5.65. The summed E-state index contributed by atoms with van der Waals surface area (Å²) in [6.07, 6.45) is -2.42. The van der Waals surface area contributed by atoms with Crippen molar-refractivity contribution in [3.05, 3.63) is 0 Å². The van der Waals surface area contributed by atoms with Gasteiger partial charge in [0.15, 0.2) is 0 Å². The molecule has 1 aliphatic rings. The minimum Gasteiger partial charge on any atom is -0.475 e. The largest absolute Gasteiger partial charge is 0.490 e. The van der Waals surface area contributed by atoms with Crippen LogP contribution in [-0.2, 0) is 4.79 Å². The number of carboxylic acid groups (broad SMARTS) is 1. The Kier molecular flexibility index (Phi) is 3.68. The van der Waals surface area contributed by atoms with Gasteiger partial charge in [0.25, 0.3) is 0 Å². The van der Waals surface area contributed by atoms with Gasteiger partial charge >= 0.3 is 12.1 Å². The maximum atomic E-state index is 10.6. The van der Waals surface area contributed by atoms with Gasteiger partial charge in [0.1, 0.15) is 5.72 Å². The van der Waals surface area contributed by atoms with Crippen LogP contribution in [0.1, 0.15) is 19.3 Å². The predicted molar refractivity (Wildman–Crippen MR) is 36.7 cm³/mol. The van der Waals surface area contributed by atoms with Crippen LogP contribution in [-0.4, -0.2) is 28.1 Å². The summed E-state index contributed by atoms with van der Waals surface area (Å²) < 4.78 is 31.7. The van der Waals surface area contributed by atoms with Crippen LogP contribution in [0.2, 0.25) is 0 Å². The van der Waals surface area contributed by atoms with Gasteiger partial charge in [0.05, 0.1) is 0 Å². The molecule has 0 bridgehead atoms. The average molecular weight is 201 g/mol. The lowest BCUT2D eigenvalue weighted by molar-refractivity contribution is -0.192. The Bertz CT molecular complexity index is 184. The predicted octanol–water partition coefficient (Wildman–Crippen LogP) is 0.451. The number of aliphatic carboxylic acids is 1. The van der Waals surface area contributed by atoms with Crippen LogP contribution in [0.4, 0.5) is 13.2 Å². The molecule has 0 radical (unpaired) electrons. The minimum absolute atomic E-state index is 0.778. The minimum atomic E-state index is -5.08. The molecule has 0 saturated heterocycles. The molecule has 0 heterocycles. The van der Waals surface area contributed by atoms with Gasteiger partial charge in [-0.25, -0.2) is 4.79 Å². The third-order valence-electron chi connectivity index (χ3n) is 1.46. The first-order valence-corrected chi connectivity index (χ1v) is 3.46. The van der Waals surface area contributed by atoms with Crippen molar-refractivity contribution < 1.29 is 28.2 Å². The zero-order valence-electron chi connectivity index (χ0n) is 6.64. The number of aliphatic hydroxyl groups is 1. The maximum Gasteiger partial charge on any atom is 0.490 e. The van der Waals surface area contributed by atoms with Crippen LogP contribution >= 0.6 is 0 Å². The molecule has 0 aromatic rings. The number of rotatable bonds is 0. The monoisotopic (exact) mass is 201 g/mol. The number of hydrogen-bond donors (Lipinski definition) is 3. The van der Waals surface area contributed by atoms with Gasteiger partial charge in [0.2, 0.25) is 0 Å². The van der Waals surface area contributed by atoms with Crippen molar-refractivity contribution in [1.29, 1.82) is 0 Å². The summed E-state index contributed by atoms with van der Waals surface area (Å²) in [5.74, 6) is -2.76. The molecular weight excluding hydrogens is 191 g/mol. The van der Waals surface area contributed by atoms with Gasteiger partial charge < -0.3 is 15.9 Å². The lowest BCUT2D eigenvalue weighted by Crippen LogP contribution is -2.45. The molecule has 13 heavy (non-hydrogen) atoms. The van der Waals surface area contributed by atoms with Crippen molar-refractivity contribution in [3.63, 3.8) is 0 Å². The van der Waals surface area contributed by atoms with Crippen molar-refractivity contribution in [3.8, 4) is 0 Å². The second-order valence-electron chi connectivity index (χ2n) is 2.76. The zero-order chi connectivity index (χ0) is 10.7. The molecule has 1 rings (SSSR count). The van der Waals surface area contributed by atoms with Gasteiger partial charge in [-0.05, 0) is 19.3 Å². The Morgan fingerprint density at radius 1 is 1.38 bits per heavy atom. The van der Waals surface area contributed by atoms with Gasteiger partial charge in [-0.1, -0.05) is 0 Å². The van der Waals surface area contributed by atoms with E-state index in [1.807, 2.05) is 0 Å². The number of carboxylic acids is 1. The molecule has 1 fully saturated rings. The highest BCUT2D eigenvalue weighted by atomic mass is 19.4. The average Bonchev–Trinajstić information content (AvgIpc) is 1.83. The molecule has 4 N–H and O–H groups in total. The summed E-state index contributed by atoms with van der Waals surface area (Å²) in [6.45, 7) is 0. The first kappa shape index (κ1) is 12.2. The molecule has 0 aromatic heterocycles. The summed E-state index contributed by atoms with van der Waals surface area (Å²) >= 11 is 0. The van der Waals surface area contributed by atoms with Gasteiger partial charge in [-0.15, -0.1) is 0 Å². The summed E-state index contributed by atoms with van der Waals surface area (Å²) in [5, 5.41) is 15.8. The Balaban J connectivity index is 0.000000223. The molecule has 0 amide bonds. The molecular formula is C6H10F3NO3. The maximum absolute atomic E-state index is 10.6. The van der Waals surface area contributed by atoms with E-state index < -0.39 is 17.9 Å². The topological polar surface area (TPSA) is 83.5 Å². The number of carbonyl (C=O) groups is 1. The van der Waals surface area contributed by atoms with Gasteiger partial charge in [-0.2, -0.15) is 13.2 Å². The normalized spacial score (nSPS) is 19.5. The van der Waals surface area contributed by atoms with Crippen LogP contribution in [0.15, 0.2) is 0 Å². The fraction of sp³-hybridized carbons (Fsp3) is 0.833. The van der Waals surface area contributed by atoms with Crippen molar-refractivity contribution >= 4 is 5.97 Å². The van der Waals surface area contributed by atoms with E-state index in [4.69, 9.17) is 20.7 Å². The second kappa shape index (κ2) is 3.93. The Morgan fingerprint density at radius 2 is 1.62 bits per heavy atom. The molecule has 7 heteroatoms. The molecule has 78 valence electrons. The number of nitrogens with two attached hydrogens (primary N) is 1. The van der Waals surface area contributed by atoms with Crippen LogP contribution in [0.25, 0.3) is 0 Å². The molecule has 0 aromatic carbocycles. The first-order valence-electron chi connectivity index (χ1n) is 3.46. The fourth-order valence-electron chi connectivity index (χ4n) is 0.539. The quantitative estimate of drug-likeness (QED) is 0.497. The highest BCUT2D eigenvalue weighted by Gasteiger charge is 2.38. The number of halogens is 3. The molecule has 1 aliphatic carbocycles. The number of alkyl halides is 3. The zero-order valence-corrected chi connectivity index (χ0v) is 6.64. The van der Waals surface area contributed by atoms with E-state index in [-0.39, 0.29) is 0 Å². The van der Waals surface area contributed by atoms with E-state index in [9.17, 15) is 13.2 Å². The fourth-order valence-corrected chi connectivity index (χ4v) is 0.539. The molecule has 4 nitrogen and oxygen atoms in total. The molecule has 0 unspecified atom stereocenters. The summed E-state index contributed by atoms with van der Waals surface area (Å²) in [6, 6.07) is 0. The van der Waals surface area contributed by atoms with Crippen LogP contribution in [0.3, 0.4) is 0 Å². The molecule has 0 atom stereocenters. The van der Waals surface area contributed by atoms with Crippen molar-refractivity contribution in [2.45, 2.75) is 31.2 Å². The summed E-state index contributed by atoms with van der Waals surface area (Å²) in [4.78, 5) is 8.90. The lowest BCUT2D eigenvalue weighted by Gasteiger charge is -2.31. The highest BCUT2D eigenvalue weighted by molar-refractivity contribution is 5.73. The van der Waals surface area contributed by atoms with Gasteiger partial charge in [0, 0.05) is 0 Å². The number of hydrogen-bond acceptors (Lipinski definition) is 3. The standard InChI is InChI=1S/C4H9NO.C2HF3O2/c5-4(6)2-1-3-4;3-2(4,5)1(6)7/h6H,1-3,5H2;(H,6,7). The lowest BCUT2D eigenvalue weighted by atomic mass is 9.90. The smallest absolute Gasteiger partial charge is 0.475 e. The summed E-state index contributed by atoms with van der Waals surface area (Å²) in [7, 11) is 0. The highest BCUT2D eigenvalue weighted by Crippen LogP contribution is 2.24. The third-order valence-corrected chi connectivity index (χ3v) is 1.46. The molecule has 0 aliphatic heterocycles. The van der Waals surface area contributed by atoms with Crippen LogP contribution in [0.5, 0.6) is 0 Å². The van der Waals surface area contributed by atoms with Crippen molar-refractivity contribution in [2.75, 3.05) is 0 Å². The van der Waals surface area contributed by atoms with Crippen molar-refractivity contribution in [1.82, 2.24) is 0 Å². The van der Waals surface area contributed by atoms with E-state index in [2.05, 4.69) is 0 Å². The van der Waals surface area contributed by atoms with Crippen LogP contribution < -0.4 is 5.73 Å². The van der Waals surface area contributed by atoms with E-state index in [1.54, 1.807) is 0 Å². The Morgan fingerprint density at radius 3 is 1.62 bits per heavy atom. The van der Waals surface area contributed by atoms with E-state index >= 15 is 0 Å². The SMILES string of the molecule is NC1(O)CCC1.O=C(O)C(F)(F)F. The van der Waals surface area contributed by atoms with E-state index in [0.717, 1.165) is 19.3 Å². The summed E-state index contributed by atoms with van der Waals surface area (Å²) in [5.41, 5.74) is 4.40. The Hall–Kier alpha value is -0.820. The van der Waals surface area contributed by atoms with Crippen LogP contribution in [0, 0.1) is 0 Å². The Labute approximate surface area is 72.2 Å². The molecule has 1 saturated carbocycles. The second-order valence-corrected chi connectivity index (χ2v) is 2.76.